The third-order valence-electron chi connectivity index (χ3n) is 3.81. The first-order valence-corrected chi connectivity index (χ1v) is 7.67. The molecule has 21 heavy (non-hydrogen) atoms. The molecule has 0 aliphatic carbocycles. The molecule has 0 atom stereocenters. The lowest BCUT2D eigenvalue weighted by Gasteiger charge is -2.24. The first kappa shape index (κ1) is 15.4. The highest BCUT2D eigenvalue weighted by Crippen LogP contribution is 2.26. The molecule has 2 rings (SSSR count). The molecule has 0 bridgehead atoms. The van der Waals surface area contributed by atoms with E-state index < -0.39 is 5.97 Å². The number of carboxylic acid groups (broad SMARTS) is 1. The van der Waals surface area contributed by atoms with E-state index in [1.165, 1.54) is 16.5 Å². The van der Waals surface area contributed by atoms with Crippen molar-refractivity contribution in [3.63, 3.8) is 0 Å². The van der Waals surface area contributed by atoms with Crippen molar-refractivity contribution in [2.45, 2.75) is 32.6 Å². The third-order valence-corrected chi connectivity index (χ3v) is 3.81. The van der Waals surface area contributed by atoms with E-state index >= 15 is 0 Å². The lowest BCUT2D eigenvalue weighted by molar-refractivity contribution is -0.137. The summed E-state index contributed by atoms with van der Waals surface area (Å²) < 4.78 is 0. The predicted octanol–water partition coefficient (Wildman–Crippen LogP) is 4.31. The van der Waals surface area contributed by atoms with Crippen LogP contribution in [-0.2, 0) is 4.79 Å². The highest BCUT2D eigenvalue weighted by Gasteiger charge is 2.08. The standard InChI is InChI=1S/C18H23NO2/c1-2-19(14-7-3-4-13-18(20)21)17-12-8-10-15-9-5-6-11-16(15)17/h5-6,8-12H,2-4,7,13-14H2,1H3,(H,20,21). The van der Waals surface area contributed by atoms with E-state index in [0.717, 1.165) is 32.4 Å². The van der Waals surface area contributed by atoms with Crippen LogP contribution >= 0.6 is 0 Å². The van der Waals surface area contributed by atoms with Crippen molar-refractivity contribution in [2.24, 2.45) is 0 Å². The minimum absolute atomic E-state index is 0.278. The maximum atomic E-state index is 10.5. The van der Waals surface area contributed by atoms with Crippen molar-refractivity contribution in [1.82, 2.24) is 0 Å². The van der Waals surface area contributed by atoms with E-state index in [9.17, 15) is 4.79 Å². The minimum Gasteiger partial charge on any atom is -0.481 e. The van der Waals surface area contributed by atoms with E-state index in [1.807, 2.05) is 0 Å². The summed E-state index contributed by atoms with van der Waals surface area (Å²) in [5.74, 6) is -0.698. The largest absolute Gasteiger partial charge is 0.481 e. The van der Waals surface area contributed by atoms with E-state index in [4.69, 9.17) is 5.11 Å². The number of benzene rings is 2. The molecule has 0 spiro atoms. The molecule has 2 aromatic rings. The van der Waals surface area contributed by atoms with Gasteiger partial charge in [-0.2, -0.15) is 0 Å². The van der Waals surface area contributed by atoms with Gasteiger partial charge in [-0.25, -0.2) is 0 Å². The maximum Gasteiger partial charge on any atom is 0.303 e. The van der Waals surface area contributed by atoms with Crippen molar-refractivity contribution in [3.05, 3.63) is 42.5 Å². The molecule has 1 N–H and O–H groups in total. The van der Waals surface area contributed by atoms with Crippen LogP contribution in [-0.4, -0.2) is 24.2 Å². The molecule has 0 unspecified atom stereocenters. The number of anilines is 1. The lowest BCUT2D eigenvalue weighted by atomic mass is 10.1. The molecule has 0 aliphatic heterocycles. The van der Waals surface area contributed by atoms with Gasteiger partial charge in [-0.1, -0.05) is 42.8 Å². The van der Waals surface area contributed by atoms with Gasteiger partial charge in [-0.05, 0) is 31.2 Å². The summed E-state index contributed by atoms with van der Waals surface area (Å²) in [4.78, 5) is 12.9. The number of rotatable bonds is 8. The van der Waals surface area contributed by atoms with Crippen LogP contribution in [0, 0.1) is 0 Å². The first-order valence-electron chi connectivity index (χ1n) is 7.67. The molecular formula is C18H23NO2. The van der Waals surface area contributed by atoms with Crippen molar-refractivity contribution in [2.75, 3.05) is 18.0 Å². The number of unbranched alkanes of at least 4 members (excludes halogenated alkanes) is 2. The molecule has 0 amide bonds. The number of nitrogens with zero attached hydrogens (tertiary/aromatic N) is 1. The zero-order valence-electron chi connectivity index (χ0n) is 12.6. The highest BCUT2D eigenvalue weighted by atomic mass is 16.4. The summed E-state index contributed by atoms with van der Waals surface area (Å²) in [7, 11) is 0. The summed E-state index contributed by atoms with van der Waals surface area (Å²) in [6, 6.07) is 14.9. The van der Waals surface area contributed by atoms with Crippen LogP contribution in [0.4, 0.5) is 5.69 Å². The number of fused-ring (bicyclic) bond motifs is 1. The van der Waals surface area contributed by atoms with Gasteiger partial charge in [0.05, 0.1) is 0 Å². The predicted molar refractivity (Wildman–Crippen MR) is 87.9 cm³/mol. The van der Waals surface area contributed by atoms with Gasteiger partial charge in [-0.15, -0.1) is 0 Å². The molecule has 112 valence electrons. The minimum atomic E-state index is -0.698. The number of aliphatic carboxylic acids is 1. The number of carboxylic acids is 1. The van der Waals surface area contributed by atoms with Crippen molar-refractivity contribution in [3.8, 4) is 0 Å². The fraction of sp³-hybridized carbons (Fsp3) is 0.389. The molecule has 0 fully saturated rings. The second-order valence-electron chi connectivity index (χ2n) is 5.28. The molecule has 0 radical (unpaired) electrons. The van der Waals surface area contributed by atoms with E-state index in [0.29, 0.717) is 0 Å². The highest BCUT2D eigenvalue weighted by molar-refractivity contribution is 5.94. The smallest absolute Gasteiger partial charge is 0.303 e. The van der Waals surface area contributed by atoms with E-state index in [-0.39, 0.29) is 6.42 Å². The first-order chi connectivity index (χ1) is 10.2. The van der Waals surface area contributed by atoms with Crippen LogP contribution < -0.4 is 4.90 Å². The molecule has 0 saturated carbocycles. The molecule has 3 heteroatoms. The Bertz CT molecular complexity index is 589. The van der Waals surface area contributed by atoms with Gasteiger partial charge in [0.25, 0.3) is 0 Å². The SMILES string of the molecule is CCN(CCCCCC(=O)O)c1cccc2ccccc12. The molecule has 3 nitrogen and oxygen atoms in total. The van der Waals surface area contributed by atoms with Gasteiger partial charge in [0.1, 0.15) is 0 Å². The Morgan fingerprint density at radius 1 is 1.05 bits per heavy atom. The normalized spacial score (nSPS) is 10.7. The Morgan fingerprint density at radius 2 is 1.81 bits per heavy atom. The van der Waals surface area contributed by atoms with Crippen LogP contribution in [0.2, 0.25) is 0 Å². The Balaban J connectivity index is 2.01. The van der Waals surface area contributed by atoms with Crippen LogP contribution in [0.25, 0.3) is 10.8 Å². The Labute approximate surface area is 126 Å². The van der Waals surface area contributed by atoms with Crippen LogP contribution in [0.5, 0.6) is 0 Å². The van der Waals surface area contributed by atoms with Crippen molar-refractivity contribution >= 4 is 22.4 Å². The van der Waals surface area contributed by atoms with Crippen LogP contribution in [0.3, 0.4) is 0 Å². The molecular weight excluding hydrogens is 262 g/mol. The second kappa shape index (κ2) is 7.67. The van der Waals surface area contributed by atoms with Gasteiger partial charge in [0.15, 0.2) is 0 Å². The van der Waals surface area contributed by atoms with Gasteiger partial charge < -0.3 is 10.0 Å². The molecule has 0 aromatic heterocycles. The topological polar surface area (TPSA) is 40.5 Å². The summed E-state index contributed by atoms with van der Waals surface area (Å²) in [6.45, 7) is 4.11. The Morgan fingerprint density at radius 3 is 2.57 bits per heavy atom. The monoisotopic (exact) mass is 285 g/mol. The van der Waals surface area contributed by atoms with E-state index in [2.05, 4.69) is 54.3 Å². The van der Waals surface area contributed by atoms with Gasteiger partial charge in [0, 0.05) is 30.6 Å². The Hall–Kier alpha value is -2.03. The maximum absolute atomic E-state index is 10.5. The lowest BCUT2D eigenvalue weighted by Crippen LogP contribution is -2.24. The summed E-state index contributed by atoms with van der Waals surface area (Å²) in [5.41, 5.74) is 1.27. The molecule has 0 heterocycles. The molecule has 0 aliphatic rings. The summed E-state index contributed by atoms with van der Waals surface area (Å²) >= 11 is 0. The number of hydrogen-bond donors (Lipinski definition) is 1. The molecule has 2 aromatic carbocycles. The molecule has 0 saturated heterocycles. The third kappa shape index (κ3) is 4.22. The zero-order valence-corrected chi connectivity index (χ0v) is 12.6. The van der Waals surface area contributed by atoms with Gasteiger partial charge in [-0.3, -0.25) is 4.79 Å². The van der Waals surface area contributed by atoms with Crippen molar-refractivity contribution in [1.29, 1.82) is 0 Å². The zero-order chi connectivity index (χ0) is 15.1. The van der Waals surface area contributed by atoms with Gasteiger partial charge >= 0.3 is 5.97 Å². The Kier molecular flexibility index (Phi) is 5.61. The van der Waals surface area contributed by atoms with E-state index in [1.54, 1.807) is 0 Å². The quantitative estimate of drug-likeness (QED) is 0.735. The summed E-state index contributed by atoms with van der Waals surface area (Å²) in [5, 5.41) is 11.2. The van der Waals surface area contributed by atoms with Crippen LogP contribution in [0.15, 0.2) is 42.5 Å². The number of hydrogen-bond acceptors (Lipinski definition) is 2. The fourth-order valence-electron chi connectivity index (χ4n) is 2.69. The average molecular weight is 285 g/mol. The second-order valence-corrected chi connectivity index (χ2v) is 5.28. The van der Waals surface area contributed by atoms with Crippen LogP contribution in [0.1, 0.15) is 32.6 Å². The fourth-order valence-corrected chi connectivity index (χ4v) is 2.69. The summed E-state index contributed by atoms with van der Waals surface area (Å²) in [6.07, 6.45) is 3.04. The average Bonchev–Trinajstić information content (AvgIpc) is 2.50. The van der Waals surface area contributed by atoms with Crippen molar-refractivity contribution < 1.29 is 9.90 Å². The van der Waals surface area contributed by atoms with Gasteiger partial charge in [0.2, 0.25) is 0 Å². The number of carbonyl (C=O) groups is 1.